The number of ketones is 1. The van der Waals surface area contributed by atoms with Crippen molar-refractivity contribution in [2.75, 3.05) is 5.75 Å². The Bertz CT molecular complexity index is 499. The fourth-order valence-electron chi connectivity index (χ4n) is 1.24. The summed E-state index contributed by atoms with van der Waals surface area (Å²) in [5.74, 6) is 0.149. The molecule has 1 aromatic carbocycles. The molecule has 3 heteroatoms. The van der Waals surface area contributed by atoms with Crippen molar-refractivity contribution < 1.29 is 9.59 Å². The second-order valence-corrected chi connectivity index (χ2v) is 4.91. The van der Waals surface area contributed by atoms with Crippen LogP contribution in [0.15, 0.2) is 60.7 Å². The van der Waals surface area contributed by atoms with Crippen molar-refractivity contribution in [2.45, 2.75) is 6.92 Å². The van der Waals surface area contributed by atoms with Gasteiger partial charge >= 0.3 is 0 Å². The zero-order valence-electron chi connectivity index (χ0n) is 10.8. The molecule has 0 aliphatic carbocycles. The van der Waals surface area contributed by atoms with Crippen LogP contribution in [0.25, 0.3) is 6.08 Å². The molecular weight excluding hydrogens is 256 g/mol. The molecule has 19 heavy (non-hydrogen) atoms. The topological polar surface area (TPSA) is 34.1 Å². The summed E-state index contributed by atoms with van der Waals surface area (Å²) in [4.78, 5) is 22.0. The lowest BCUT2D eigenvalue weighted by Crippen LogP contribution is -1.98. The highest BCUT2D eigenvalue weighted by Gasteiger charge is 1.98. The van der Waals surface area contributed by atoms with Gasteiger partial charge in [0.1, 0.15) is 0 Å². The lowest BCUT2D eigenvalue weighted by Gasteiger charge is -1.90. The smallest absolute Gasteiger partial charge is 0.186 e. The van der Waals surface area contributed by atoms with E-state index < -0.39 is 0 Å². The third-order valence-corrected chi connectivity index (χ3v) is 2.96. The predicted molar refractivity (Wildman–Crippen MR) is 81.9 cm³/mol. The lowest BCUT2D eigenvalue weighted by molar-refractivity contribution is -0.113. The number of rotatable bonds is 6. The number of allylic oxidation sites excluding steroid dienone is 5. The third kappa shape index (κ3) is 7.95. The molecule has 0 aliphatic rings. The molecule has 0 N–H and O–H groups in total. The molecule has 0 saturated heterocycles. The van der Waals surface area contributed by atoms with Gasteiger partial charge in [-0.25, -0.2) is 0 Å². The molecule has 0 radical (unpaired) electrons. The molecule has 1 aromatic rings. The molecular formula is C16H16O2S. The quantitative estimate of drug-likeness (QED) is 0.585. The highest BCUT2D eigenvalue weighted by molar-refractivity contribution is 8.14. The Hall–Kier alpha value is -1.87. The average Bonchev–Trinajstić information content (AvgIpc) is 2.41. The van der Waals surface area contributed by atoms with Gasteiger partial charge < -0.3 is 0 Å². The first-order valence-electron chi connectivity index (χ1n) is 5.91. The van der Waals surface area contributed by atoms with Gasteiger partial charge in [-0.2, -0.15) is 0 Å². The molecule has 1 rings (SSSR count). The van der Waals surface area contributed by atoms with Gasteiger partial charge in [0.15, 0.2) is 10.9 Å². The summed E-state index contributed by atoms with van der Waals surface area (Å²) in [6.07, 6.45) is 10.7. The Morgan fingerprint density at radius 3 is 2.42 bits per heavy atom. The molecule has 0 atom stereocenters. The number of hydrogen-bond donors (Lipinski definition) is 0. The first-order valence-corrected chi connectivity index (χ1v) is 6.89. The summed E-state index contributed by atoms with van der Waals surface area (Å²) in [7, 11) is 0. The number of hydrogen-bond acceptors (Lipinski definition) is 3. The van der Waals surface area contributed by atoms with E-state index in [0.717, 1.165) is 17.3 Å². The van der Waals surface area contributed by atoms with Crippen LogP contribution >= 0.6 is 11.8 Å². The maximum absolute atomic E-state index is 11.3. The van der Waals surface area contributed by atoms with Crippen molar-refractivity contribution in [3.05, 3.63) is 66.3 Å². The van der Waals surface area contributed by atoms with E-state index in [2.05, 4.69) is 0 Å². The molecule has 0 amide bonds. The molecule has 0 aliphatic heterocycles. The molecule has 0 saturated carbocycles. The van der Waals surface area contributed by atoms with Crippen LogP contribution in [0.1, 0.15) is 12.5 Å². The standard InChI is InChI=1S/C16H16O2S/c1-14(17)19-13-16(18)12-8-3-2-5-9-15-10-6-4-7-11-15/h2-12H,13H2,1H3/b3-2+,9-5+,12-8+. The minimum atomic E-state index is -0.0584. The second-order valence-electron chi connectivity index (χ2n) is 3.76. The maximum Gasteiger partial charge on any atom is 0.186 e. The van der Waals surface area contributed by atoms with E-state index in [1.165, 1.54) is 13.0 Å². The zero-order valence-corrected chi connectivity index (χ0v) is 11.6. The summed E-state index contributed by atoms with van der Waals surface area (Å²) < 4.78 is 0. The fourth-order valence-corrected chi connectivity index (χ4v) is 1.68. The Morgan fingerprint density at radius 2 is 1.74 bits per heavy atom. The lowest BCUT2D eigenvalue weighted by atomic mass is 10.2. The van der Waals surface area contributed by atoms with Crippen molar-refractivity contribution in [2.24, 2.45) is 0 Å². The van der Waals surface area contributed by atoms with Crippen LogP contribution < -0.4 is 0 Å². The van der Waals surface area contributed by atoms with Crippen molar-refractivity contribution in [1.29, 1.82) is 0 Å². The van der Waals surface area contributed by atoms with E-state index in [-0.39, 0.29) is 16.7 Å². The van der Waals surface area contributed by atoms with Crippen LogP contribution in [0, 0.1) is 0 Å². The summed E-state index contributed by atoms with van der Waals surface area (Å²) in [5, 5.41) is -0.0388. The fraction of sp³-hybridized carbons (Fsp3) is 0.125. The van der Waals surface area contributed by atoms with Gasteiger partial charge in [0.2, 0.25) is 0 Å². The van der Waals surface area contributed by atoms with Crippen LogP contribution in [0.4, 0.5) is 0 Å². The number of carbonyl (C=O) groups is 2. The first-order chi connectivity index (χ1) is 9.18. The van der Waals surface area contributed by atoms with Crippen molar-refractivity contribution in [3.8, 4) is 0 Å². The van der Waals surface area contributed by atoms with Crippen LogP contribution in [0.5, 0.6) is 0 Å². The Balaban J connectivity index is 2.32. The number of carbonyl (C=O) groups excluding carboxylic acids is 2. The Labute approximate surface area is 117 Å². The van der Waals surface area contributed by atoms with Crippen molar-refractivity contribution in [3.63, 3.8) is 0 Å². The van der Waals surface area contributed by atoms with Crippen LogP contribution in [0.3, 0.4) is 0 Å². The van der Waals surface area contributed by atoms with E-state index in [1.54, 1.807) is 12.2 Å². The molecule has 2 nitrogen and oxygen atoms in total. The van der Waals surface area contributed by atoms with Crippen LogP contribution in [-0.2, 0) is 9.59 Å². The normalized spacial score (nSPS) is 11.6. The molecule has 0 bridgehead atoms. The van der Waals surface area contributed by atoms with E-state index in [9.17, 15) is 9.59 Å². The summed E-state index contributed by atoms with van der Waals surface area (Å²) in [6, 6.07) is 9.97. The molecule has 0 heterocycles. The number of benzene rings is 1. The molecule has 98 valence electrons. The monoisotopic (exact) mass is 272 g/mol. The summed E-state index contributed by atoms with van der Waals surface area (Å²) >= 11 is 1.03. The van der Waals surface area contributed by atoms with Gasteiger partial charge in [0.05, 0.1) is 5.75 Å². The molecule has 0 spiro atoms. The SMILES string of the molecule is CC(=O)SCC(=O)/C=C/C=C/C=C/c1ccccc1. The highest BCUT2D eigenvalue weighted by Crippen LogP contribution is 2.02. The summed E-state index contributed by atoms with van der Waals surface area (Å²) in [6.45, 7) is 1.45. The van der Waals surface area contributed by atoms with Gasteiger partial charge in [-0.05, 0) is 11.6 Å². The van der Waals surface area contributed by atoms with Gasteiger partial charge in [0, 0.05) is 6.92 Å². The Morgan fingerprint density at radius 1 is 1.05 bits per heavy atom. The van der Waals surface area contributed by atoms with Gasteiger partial charge in [-0.1, -0.05) is 72.5 Å². The molecule has 0 aromatic heterocycles. The third-order valence-electron chi connectivity index (χ3n) is 2.12. The summed E-state index contributed by atoms with van der Waals surface area (Å²) in [5.41, 5.74) is 1.13. The van der Waals surface area contributed by atoms with Gasteiger partial charge in [-0.3, -0.25) is 9.59 Å². The largest absolute Gasteiger partial charge is 0.294 e. The zero-order chi connectivity index (χ0) is 13.9. The van der Waals surface area contributed by atoms with Crippen LogP contribution in [0.2, 0.25) is 0 Å². The van der Waals surface area contributed by atoms with Gasteiger partial charge in [-0.15, -0.1) is 0 Å². The minimum Gasteiger partial charge on any atom is -0.294 e. The first kappa shape index (κ1) is 15.2. The van der Waals surface area contributed by atoms with Crippen LogP contribution in [-0.4, -0.2) is 16.7 Å². The van der Waals surface area contributed by atoms with E-state index in [1.807, 2.05) is 48.6 Å². The number of thioether (sulfide) groups is 1. The molecule has 0 fully saturated rings. The van der Waals surface area contributed by atoms with E-state index in [4.69, 9.17) is 0 Å². The highest BCUT2D eigenvalue weighted by atomic mass is 32.2. The Kier molecular flexibility index (Phi) is 7.28. The van der Waals surface area contributed by atoms with E-state index in [0.29, 0.717) is 0 Å². The van der Waals surface area contributed by atoms with Gasteiger partial charge in [0.25, 0.3) is 0 Å². The molecule has 0 unspecified atom stereocenters. The predicted octanol–water partition coefficient (Wildman–Crippen LogP) is 3.66. The average molecular weight is 272 g/mol. The maximum atomic E-state index is 11.3. The minimum absolute atomic E-state index is 0.0388. The van der Waals surface area contributed by atoms with Crippen molar-refractivity contribution >= 4 is 28.7 Å². The second kappa shape index (κ2) is 9.11. The van der Waals surface area contributed by atoms with Crippen molar-refractivity contribution in [1.82, 2.24) is 0 Å². The van der Waals surface area contributed by atoms with E-state index >= 15 is 0 Å².